The van der Waals surface area contributed by atoms with Crippen LogP contribution >= 0.6 is 0 Å². The Hall–Kier alpha value is -7.22. The molecule has 0 N–H and O–H groups in total. The molecule has 0 aliphatic heterocycles. The lowest BCUT2D eigenvalue weighted by Crippen LogP contribution is -1.97. The van der Waals surface area contributed by atoms with Gasteiger partial charge in [0.15, 0.2) is 0 Å². The van der Waals surface area contributed by atoms with E-state index in [-0.39, 0.29) is 0 Å². The minimum Gasteiger partial charge on any atom is -0.309 e. The van der Waals surface area contributed by atoms with Crippen LogP contribution in [0, 0.1) is 0 Å². The molecular weight excluding hydrogens is 687 g/mol. The van der Waals surface area contributed by atoms with Crippen molar-refractivity contribution < 1.29 is 0 Å². The highest BCUT2D eigenvalue weighted by Gasteiger charge is 2.32. The highest BCUT2D eigenvalue weighted by Crippen LogP contribution is 2.58. The van der Waals surface area contributed by atoms with Gasteiger partial charge in [0.05, 0.1) is 11.0 Å². The van der Waals surface area contributed by atoms with Crippen molar-refractivity contribution in [1.82, 2.24) is 4.57 Å². The molecule has 1 heterocycles. The Bertz CT molecular complexity index is 3250. The van der Waals surface area contributed by atoms with Crippen molar-refractivity contribution in [2.75, 3.05) is 0 Å². The third kappa shape index (κ3) is 4.82. The Balaban J connectivity index is 1.25. The van der Waals surface area contributed by atoms with Crippen molar-refractivity contribution in [3.8, 4) is 61.3 Å². The number of para-hydroxylation sites is 1. The Morgan fingerprint density at radius 1 is 0.351 bits per heavy atom. The highest BCUT2D eigenvalue weighted by atomic mass is 15.0. The van der Waals surface area contributed by atoms with Crippen molar-refractivity contribution in [2.45, 2.75) is 12.8 Å². The Morgan fingerprint density at radius 3 is 1.60 bits per heavy atom. The second kappa shape index (κ2) is 12.7. The van der Waals surface area contributed by atoms with Gasteiger partial charge in [0.2, 0.25) is 0 Å². The second-order valence-electron chi connectivity index (χ2n) is 15.5. The fourth-order valence-corrected chi connectivity index (χ4v) is 9.94. The number of fused-ring (bicyclic) bond motifs is 8. The first-order valence-corrected chi connectivity index (χ1v) is 20.1. The summed E-state index contributed by atoms with van der Waals surface area (Å²) in [5, 5.41) is 7.82. The third-order valence-corrected chi connectivity index (χ3v) is 12.3. The maximum absolute atomic E-state index is 2.53. The average molecular weight is 724 g/mol. The molecule has 0 saturated heterocycles. The van der Waals surface area contributed by atoms with Gasteiger partial charge >= 0.3 is 0 Å². The summed E-state index contributed by atoms with van der Waals surface area (Å²) >= 11 is 0. The zero-order chi connectivity index (χ0) is 37.5. The molecule has 1 nitrogen and oxygen atoms in total. The van der Waals surface area contributed by atoms with Crippen molar-refractivity contribution in [3.63, 3.8) is 0 Å². The molecule has 2 aliphatic carbocycles. The van der Waals surface area contributed by atoms with Crippen molar-refractivity contribution in [3.05, 3.63) is 206 Å². The normalized spacial score (nSPS) is 13.2. The zero-order valence-corrected chi connectivity index (χ0v) is 31.4. The molecule has 57 heavy (non-hydrogen) atoms. The summed E-state index contributed by atoms with van der Waals surface area (Å²) in [6.07, 6.45) is 9.30. The van der Waals surface area contributed by atoms with Crippen LogP contribution in [0.1, 0.15) is 18.4 Å². The average Bonchev–Trinajstić information content (AvgIpc) is 3.80. The Kier molecular flexibility index (Phi) is 7.12. The maximum Gasteiger partial charge on any atom is 0.0553 e. The predicted molar refractivity (Wildman–Crippen MR) is 243 cm³/mol. The van der Waals surface area contributed by atoms with Gasteiger partial charge in [0.1, 0.15) is 0 Å². The molecule has 0 atom stereocenters. The smallest absolute Gasteiger partial charge is 0.0553 e. The molecule has 0 amide bonds. The van der Waals surface area contributed by atoms with Crippen LogP contribution in [0.5, 0.6) is 0 Å². The van der Waals surface area contributed by atoms with Gasteiger partial charge in [-0.1, -0.05) is 170 Å². The number of aromatic nitrogens is 1. The van der Waals surface area contributed by atoms with Gasteiger partial charge in [-0.15, -0.1) is 0 Å². The van der Waals surface area contributed by atoms with Crippen LogP contribution in [0.4, 0.5) is 0 Å². The summed E-state index contributed by atoms with van der Waals surface area (Å²) in [4.78, 5) is 0. The maximum atomic E-state index is 2.53. The van der Waals surface area contributed by atoms with Crippen molar-refractivity contribution in [2.24, 2.45) is 0 Å². The minimum atomic E-state index is 1.06. The van der Waals surface area contributed by atoms with E-state index in [1.54, 1.807) is 0 Å². The molecule has 266 valence electrons. The molecule has 1 aromatic heterocycles. The Labute approximate surface area is 332 Å². The number of hydrogen-bond acceptors (Lipinski definition) is 0. The standard InChI is InChI=1S/C56H37N/c1-5-18-36(19-6-1)40-32-41(37-20-7-2-8-21-37)34-42(33-40)57-49-31-16-15-28-45(49)54-46-29-17-30-47-53(46)48(35-50(54)57)56-52(39-24-11-4-12-25-39)44-27-14-13-26-43(44)51(55(47)56)38-22-9-3-10-23-38/h1-2,4-9,11-35H,3,10H2. The first-order valence-electron chi connectivity index (χ1n) is 20.1. The quantitative estimate of drug-likeness (QED) is 0.167. The molecule has 9 aromatic carbocycles. The van der Waals surface area contributed by atoms with E-state index in [2.05, 4.69) is 205 Å². The van der Waals surface area contributed by atoms with Crippen LogP contribution in [-0.2, 0) is 0 Å². The zero-order valence-electron chi connectivity index (χ0n) is 31.4. The molecule has 0 unspecified atom stereocenters. The van der Waals surface area contributed by atoms with Crippen LogP contribution in [0.25, 0.3) is 110 Å². The molecule has 12 rings (SSSR count). The molecule has 0 bridgehead atoms. The van der Waals surface area contributed by atoms with Gasteiger partial charge in [-0.2, -0.15) is 0 Å². The molecule has 0 fully saturated rings. The van der Waals surface area contributed by atoms with E-state index in [0.717, 1.165) is 18.5 Å². The summed E-state index contributed by atoms with van der Waals surface area (Å²) in [6, 6.07) is 67.4. The minimum absolute atomic E-state index is 1.06. The lowest BCUT2D eigenvalue weighted by Gasteiger charge is -2.21. The van der Waals surface area contributed by atoms with Crippen LogP contribution < -0.4 is 0 Å². The molecule has 2 aliphatic rings. The predicted octanol–water partition coefficient (Wildman–Crippen LogP) is 15.5. The van der Waals surface area contributed by atoms with Crippen molar-refractivity contribution in [1.29, 1.82) is 0 Å². The molecule has 0 saturated carbocycles. The van der Waals surface area contributed by atoms with Crippen LogP contribution in [-0.4, -0.2) is 4.57 Å². The Morgan fingerprint density at radius 2 is 0.930 bits per heavy atom. The SMILES string of the molecule is C1=CC(c2c3c(c(-c4ccccc4)c4ccccc24)-c2cc4c(c5cccc-3c25)c2ccccc2n4-c2cc(-c3ccccc3)cc(-c3ccccc3)c2)=CCC1. The van der Waals surface area contributed by atoms with Crippen LogP contribution in [0.15, 0.2) is 200 Å². The van der Waals surface area contributed by atoms with E-state index >= 15 is 0 Å². The lowest BCUT2D eigenvalue weighted by molar-refractivity contribution is 1.04. The summed E-state index contributed by atoms with van der Waals surface area (Å²) < 4.78 is 2.53. The van der Waals surface area contributed by atoms with Gasteiger partial charge in [-0.05, 0) is 131 Å². The number of allylic oxidation sites excluding steroid dienone is 4. The van der Waals surface area contributed by atoms with E-state index in [0.29, 0.717) is 0 Å². The molecule has 0 radical (unpaired) electrons. The first kappa shape index (κ1) is 32.1. The van der Waals surface area contributed by atoms with Gasteiger partial charge in [0.25, 0.3) is 0 Å². The third-order valence-electron chi connectivity index (χ3n) is 12.3. The summed E-state index contributed by atoms with van der Waals surface area (Å²) in [6.45, 7) is 0. The van der Waals surface area contributed by atoms with Gasteiger partial charge < -0.3 is 4.57 Å². The van der Waals surface area contributed by atoms with E-state index in [1.807, 2.05) is 0 Å². The van der Waals surface area contributed by atoms with E-state index < -0.39 is 0 Å². The summed E-state index contributed by atoms with van der Waals surface area (Å²) in [5.41, 5.74) is 18.9. The number of hydrogen-bond donors (Lipinski definition) is 0. The molecular formula is C56H37N. The monoisotopic (exact) mass is 723 g/mol. The van der Waals surface area contributed by atoms with Gasteiger partial charge in [-0.25, -0.2) is 0 Å². The van der Waals surface area contributed by atoms with Crippen LogP contribution in [0.3, 0.4) is 0 Å². The largest absolute Gasteiger partial charge is 0.309 e. The number of benzene rings is 9. The second-order valence-corrected chi connectivity index (χ2v) is 15.5. The van der Waals surface area contributed by atoms with Gasteiger partial charge in [0, 0.05) is 16.5 Å². The van der Waals surface area contributed by atoms with Crippen LogP contribution in [0.2, 0.25) is 0 Å². The molecule has 1 heteroatoms. The fourth-order valence-electron chi connectivity index (χ4n) is 9.94. The summed E-state index contributed by atoms with van der Waals surface area (Å²) in [7, 11) is 0. The van der Waals surface area contributed by atoms with E-state index in [9.17, 15) is 0 Å². The number of nitrogens with zero attached hydrogens (tertiary/aromatic N) is 1. The van der Waals surface area contributed by atoms with E-state index in [4.69, 9.17) is 0 Å². The fraction of sp³-hybridized carbons (Fsp3) is 0.0357. The molecule has 0 spiro atoms. The summed E-state index contributed by atoms with van der Waals surface area (Å²) in [5.74, 6) is 0. The molecule has 10 aromatic rings. The van der Waals surface area contributed by atoms with Crippen molar-refractivity contribution >= 4 is 48.9 Å². The number of rotatable bonds is 5. The lowest BCUT2D eigenvalue weighted by atomic mass is 9.81. The topological polar surface area (TPSA) is 4.93 Å². The first-order chi connectivity index (χ1) is 28.3. The van der Waals surface area contributed by atoms with E-state index in [1.165, 1.54) is 110 Å². The van der Waals surface area contributed by atoms with Gasteiger partial charge in [-0.3, -0.25) is 0 Å². The highest BCUT2D eigenvalue weighted by molar-refractivity contribution is 6.33.